The molecule has 1 aliphatic heterocycles. The lowest BCUT2D eigenvalue weighted by Crippen LogP contribution is -2.28. The summed E-state index contributed by atoms with van der Waals surface area (Å²) in [5, 5.41) is 10.4. The molecule has 0 bridgehead atoms. The summed E-state index contributed by atoms with van der Waals surface area (Å²) in [6.07, 6.45) is 4.05. The van der Waals surface area contributed by atoms with Gasteiger partial charge >= 0.3 is 0 Å². The number of nitrogens with one attached hydrogen (secondary N) is 2. The van der Waals surface area contributed by atoms with Crippen molar-refractivity contribution in [2.45, 2.75) is 44.0 Å². The molecule has 0 aromatic carbocycles. The average Bonchev–Trinajstić information content (AvgIpc) is 3.20. The Bertz CT molecular complexity index is 779. The molecule has 0 radical (unpaired) electrons. The summed E-state index contributed by atoms with van der Waals surface area (Å²) in [4.78, 5) is 4.51. The zero-order valence-corrected chi connectivity index (χ0v) is 14.8. The largest absolute Gasteiger partial charge is 0.367 e. The SMILES string of the molecule is Cc1cc(CC(C)Nc2ccc(S(=O)(=O)N3CCCC3)cn2)n[nH]1. The first-order valence-corrected chi connectivity index (χ1v) is 9.63. The van der Waals surface area contributed by atoms with E-state index in [4.69, 9.17) is 0 Å². The van der Waals surface area contributed by atoms with E-state index < -0.39 is 10.0 Å². The maximum absolute atomic E-state index is 12.5. The lowest BCUT2D eigenvalue weighted by molar-refractivity contribution is 0.477. The van der Waals surface area contributed by atoms with Crippen molar-refractivity contribution < 1.29 is 8.42 Å². The molecule has 130 valence electrons. The van der Waals surface area contributed by atoms with Gasteiger partial charge in [0, 0.05) is 37.4 Å². The molecule has 0 saturated carbocycles. The third kappa shape index (κ3) is 3.76. The van der Waals surface area contributed by atoms with Crippen LogP contribution in [0.5, 0.6) is 0 Å². The Balaban J connectivity index is 1.63. The Labute approximate surface area is 142 Å². The van der Waals surface area contributed by atoms with Gasteiger partial charge in [-0.2, -0.15) is 9.40 Å². The minimum atomic E-state index is -3.40. The van der Waals surface area contributed by atoms with Crippen LogP contribution in [0, 0.1) is 6.92 Å². The molecule has 1 unspecified atom stereocenters. The second kappa shape index (κ2) is 6.90. The van der Waals surface area contributed by atoms with Gasteiger partial charge < -0.3 is 5.32 Å². The molecule has 0 amide bonds. The molecule has 1 saturated heterocycles. The summed E-state index contributed by atoms with van der Waals surface area (Å²) >= 11 is 0. The molecule has 3 rings (SSSR count). The van der Waals surface area contributed by atoms with E-state index >= 15 is 0 Å². The summed E-state index contributed by atoms with van der Waals surface area (Å²) in [7, 11) is -3.40. The number of rotatable bonds is 6. The normalized spacial score (nSPS) is 17.1. The highest BCUT2D eigenvalue weighted by molar-refractivity contribution is 7.89. The van der Waals surface area contributed by atoms with Gasteiger partial charge in [0.2, 0.25) is 10.0 Å². The quantitative estimate of drug-likeness (QED) is 0.832. The second-order valence-corrected chi connectivity index (χ2v) is 8.22. The molecule has 0 spiro atoms. The molecule has 8 heteroatoms. The second-order valence-electron chi connectivity index (χ2n) is 6.28. The van der Waals surface area contributed by atoms with E-state index in [1.165, 1.54) is 10.5 Å². The standard InChI is InChI=1S/C16H23N5O2S/c1-12(9-14-10-13(2)19-20-14)18-16-6-5-15(11-17-16)24(22,23)21-7-3-4-8-21/h5-6,10-12H,3-4,7-9H2,1-2H3,(H,17,18)(H,19,20). The van der Waals surface area contributed by atoms with Crippen molar-refractivity contribution in [3.05, 3.63) is 35.8 Å². The van der Waals surface area contributed by atoms with Gasteiger partial charge in [-0.1, -0.05) is 0 Å². The smallest absolute Gasteiger partial charge is 0.244 e. The third-order valence-electron chi connectivity index (χ3n) is 4.11. The maximum Gasteiger partial charge on any atom is 0.244 e. The number of hydrogen-bond acceptors (Lipinski definition) is 5. The van der Waals surface area contributed by atoms with Crippen molar-refractivity contribution >= 4 is 15.8 Å². The summed E-state index contributed by atoms with van der Waals surface area (Å²) in [6.45, 7) is 5.21. The fourth-order valence-electron chi connectivity index (χ4n) is 2.89. The topological polar surface area (TPSA) is 91.0 Å². The van der Waals surface area contributed by atoms with Gasteiger partial charge in [-0.05, 0) is 44.9 Å². The molecule has 2 aromatic rings. The van der Waals surface area contributed by atoms with Crippen molar-refractivity contribution in [2.24, 2.45) is 0 Å². The number of nitrogens with zero attached hydrogens (tertiary/aromatic N) is 3. The van der Waals surface area contributed by atoms with E-state index in [0.717, 1.165) is 30.7 Å². The maximum atomic E-state index is 12.5. The number of aryl methyl sites for hydroxylation is 1. The summed E-state index contributed by atoms with van der Waals surface area (Å²) < 4.78 is 26.5. The predicted molar refractivity (Wildman–Crippen MR) is 92.3 cm³/mol. The van der Waals surface area contributed by atoms with E-state index in [0.29, 0.717) is 18.9 Å². The number of sulfonamides is 1. The molecule has 1 aliphatic rings. The fourth-order valence-corrected chi connectivity index (χ4v) is 4.35. The highest BCUT2D eigenvalue weighted by Crippen LogP contribution is 2.21. The summed E-state index contributed by atoms with van der Waals surface area (Å²) in [6, 6.07) is 5.49. The van der Waals surface area contributed by atoms with Crippen molar-refractivity contribution in [2.75, 3.05) is 18.4 Å². The first kappa shape index (κ1) is 16.9. The van der Waals surface area contributed by atoms with E-state index in [2.05, 4.69) is 20.5 Å². The van der Waals surface area contributed by atoms with Crippen molar-refractivity contribution in [3.63, 3.8) is 0 Å². The number of pyridine rings is 1. The lowest BCUT2D eigenvalue weighted by Gasteiger charge is -2.16. The zero-order valence-electron chi connectivity index (χ0n) is 14.0. The first-order valence-electron chi connectivity index (χ1n) is 8.19. The molecule has 7 nitrogen and oxygen atoms in total. The number of anilines is 1. The minimum Gasteiger partial charge on any atom is -0.367 e. The van der Waals surface area contributed by atoms with Crippen LogP contribution in [0.15, 0.2) is 29.3 Å². The van der Waals surface area contributed by atoms with Gasteiger partial charge in [-0.3, -0.25) is 5.10 Å². The molecular formula is C16H23N5O2S. The summed E-state index contributed by atoms with van der Waals surface area (Å²) in [5.74, 6) is 0.662. The van der Waals surface area contributed by atoms with Crippen LogP contribution in [0.4, 0.5) is 5.82 Å². The van der Waals surface area contributed by atoms with Gasteiger partial charge in [0.15, 0.2) is 0 Å². The van der Waals surface area contributed by atoms with E-state index in [1.54, 1.807) is 12.1 Å². The van der Waals surface area contributed by atoms with Crippen molar-refractivity contribution in [1.29, 1.82) is 0 Å². The van der Waals surface area contributed by atoms with Crippen LogP contribution < -0.4 is 5.32 Å². The molecule has 1 atom stereocenters. The molecule has 24 heavy (non-hydrogen) atoms. The molecule has 0 aliphatic carbocycles. The Morgan fingerprint density at radius 1 is 1.33 bits per heavy atom. The molecule has 2 N–H and O–H groups in total. The van der Waals surface area contributed by atoms with Crippen LogP contribution >= 0.6 is 0 Å². The zero-order chi connectivity index (χ0) is 17.2. The van der Waals surface area contributed by atoms with Crippen LogP contribution in [0.3, 0.4) is 0 Å². The van der Waals surface area contributed by atoms with Crippen LogP contribution in [-0.4, -0.2) is 47.0 Å². The third-order valence-corrected chi connectivity index (χ3v) is 5.99. The Morgan fingerprint density at radius 3 is 2.67 bits per heavy atom. The monoisotopic (exact) mass is 349 g/mol. The van der Waals surface area contributed by atoms with E-state index in [-0.39, 0.29) is 10.9 Å². The Kier molecular flexibility index (Phi) is 4.86. The number of aromatic amines is 1. The predicted octanol–water partition coefficient (Wildman–Crippen LogP) is 1.94. The Hall–Kier alpha value is -1.93. The number of H-pyrrole nitrogens is 1. The van der Waals surface area contributed by atoms with Gasteiger partial charge in [0.25, 0.3) is 0 Å². The van der Waals surface area contributed by atoms with Gasteiger partial charge in [-0.15, -0.1) is 0 Å². The van der Waals surface area contributed by atoms with Gasteiger partial charge in [0.05, 0.1) is 5.69 Å². The molecule has 2 aromatic heterocycles. The Morgan fingerprint density at radius 2 is 2.08 bits per heavy atom. The fraction of sp³-hybridized carbons (Fsp3) is 0.500. The average molecular weight is 349 g/mol. The van der Waals surface area contributed by atoms with Crippen molar-refractivity contribution in [3.8, 4) is 0 Å². The van der Waals surface area contributed by atoms with E-state index in [1.807, 2.05) is 19.9 Å². The van der Waals surface area contributed by atoms with Crippen LogP contribution in [-0.2, 0) is 16.4 Å². The number of hydrogen-bond donors (Lipinski definition) is 2. The van der Waals surface area contributed by atoms with Crippen LogP contribution in [0.2, 0.25) is 0 Å². The van der Waals surface area contributed by atoms with Gasteiger partial charge in [-0.25, -0.2) is 13.4 Å². The first-order chi connectivity index (χ1) is 11.4. The van der Waals surface area contributed by atoms with Crippen molar-refractivity contribution in [1.82, 2.24) is 19.5 Å². The number of aromatic nitrogens is 3. The molecule has 1 fully saturated rings. The van der Waals surface area contributed by atoms with Crippen LogP contribution in [0.1, 0.15) is 31.2 Å². The lowest BCUT2D eigenvalue weighted by atomic mass is 10.2. The molecule has 3 heterocycles. The molecular weight excluding hydrogens is 326 g/mol. The highest BCUT2D eigenvalue weighted by Gasteiger charge is 2.27. The highest BCUT2D eigenvalue weighted by atomic mass is 32.2. The summed E-state index contributed by atoms with van der Waals surface area (Å²) in [5.41, 5.74) is 2.02. The minimum absolute atomic E-state index is 0.140. The van der Waals surface area contributed by atoms with Crippen LogP contribution in [0.25, 0.3) is 0 Å². The van der Waals surface area contributed by atoms with Gasteiger partial charge in [0.1, 0.15) is 10.7 Å². The van der Waals surface area contributed by atoms with E-state index in [9.17, 15) is 8.42 Å².